The van der Waals surface area contributed by atoms with Crippen molar-refractivity contribution >= 4 is 11.4 Å². The molecule has 84 valence electrons. The van der Waals surface area contributed by atoms with Crippen LogP contribution in [0, 0.1) is 5.41 Å². The van der Waals surface area contributed by atoms with Crippen LogP contribution in [0.15, 0.2) is 41.4 Å². The minimum absolute atomic E-state index is 0.110. The van der Waals surface area contributed by atoms with E-state index >= 15 is 0 Å². The third kappa shape index (κ3) is 2.79. The number of aliphatic imine (C=N–C) groups is 1. The fraction of sp³-hybridized carbons (Fsp3) is 0.231. The van der Waals surface area contributed by atoms with Crippen molar-refractivity contribution in [2.24, 2.45) is 4.99 Å². The van der Waals surface area contributed by atoms with Crippen LogP contribution in [-0.4, -0.2) is 23.6 Å². The number of phenols is 1. The Morgan fingerprint density at radius 3 is 2.69 bits per heavy atom. The average Bonchev–Trinajstić information content (AvgIpc) is 2.30. The fourth-order valence-corrected chi connectivity index (χ4v) is 1.32. The van der Waals surface area contributed by atoms with Crippen LogP contribution in [0.2, 0.25) is 0 Å². The second kappa shape index (κ2) is 5.85. The molecule has 0 aromatic heterocycles. The van der Waals surface area contributed by atoms with E-state index in [-0.39, 0.29) is 11.5 Å². The molecule has 1 aromatic carbocycles. The maximum Gasteiger partial charge on any atom is 0.125 e. The monoisotopic (exact) mass is 216 g/mol. The maximum absolute atomic E-state index is 9.63. The Kier molecular flexibility index (Phi) is 4.45. The predicted octanol–water partition coefficient (Wildman–Crippen LogP) is 2.80. The summed E-state index contributed by atoms with van der Waals surface area (Å²) >= 11 is 0. The average molecular weight is 216 g/mol. The minimum Gasteiger partial charge on any atom is -0.507 e. The summed E-state index contributed by atoms with van der Waals surface area (Å²) in [4.78, 5) is 4.04. The highest BCUT2D eigenvalue weighted by Gasteiger charge is 2.09. The molecule has 0 spiro atoms. The number of hydrogen-bond donors (Lipinski definition) is 2. The lowest BCUT2D eigenvalue weighted by Crippen LogP contribution is -2.12. The summed E-state index contributed by atoms with van der Waals surface area (Å²) in [7, 11) is 1.64. The van der Waals surface area contributed by atoms with Crippen molar-refractivity contribution in [2.45, 2.75) is 13.3 Å². The molecule has 0 unspecified atom stereocenters. The number of aromatic hydroxyl groups is 1. The van der Waals surface area contributed by atoms with Crippen molar-refractivity contribution in [3.8, 4) is 5.75 Å². The van der Waals surface area contributed by atoms with Gasteiger partial charge in [0.15, 0.2) is 0 Å². The van der Waals surface area contributed by atoms with Gasteiger partial charge in [0.25, 0.3) is 0 Å². The Morgan fingerprint density at radius 2 is 2.12 bits per heavy atom. The zero-order valence-corrected chi connectivity index (χ0v) is 9.57. The first kappa shape index (κ1) is 12.2. The number of rotatable bonds is 4. The molecule has 0 saturated heterocycles. The van der Waals surface area contributed by atoms with Crippen LogP contribution in [0.3, 0.4) is 0 Å². The lowest BCUT2D eigenvalue weighted by atomic mass is 10.0. The normalized spacial score (nSPS) is 12.0. The van der Waals surface area contributed by atoms with E-state index in [1.807, 2.05) is 13.0 Å². The van der Waals surface area contributed by atoms with Gasteiger partial charge < -0.3 is 5.11 Å². The number of hydrogen-bond acceptors (Lipinski definition) is 3. The molecule has 0 aliphatic rings. The lowest BCUT2D eigenvalue weighted by molar-refractivity contribution is 0.474. The molecule has 0 saturated carbocycles. The SMILES string of the molecule is CC/C=C\C(=NC)C(=N)c1ccccc1O. The van der Waals surface area contributed by atoms with E-state index in [4.69, 9.17) is 5.41 Å². The van der Waals surface area contributed by atoms with Gasteiger partial charge in [-0.1, -0.05) is 25.1 Å². The molecule has 16 heavy (non-hydrogen) atoms. The van der Waals surface area contributed by atoms with Gasteiger partial charge in [0.05, 0.1) is 11.4 Å². The van der Waals surface area contributed by atoms with Gasteiger partial charge in [-0.15, -0.1) is 0 Å². The summed E-state index contributed by atoms with van der Waals surface area (Å²) in [6, 6.07) is 6.81. The van der Waals surface area contributed by atoms with Crippen molar-refractivity contribution in [1.29, 1.82) is 5.41 Å². The van der Waals surface area contributed by atoms with E-state index in [1.165, 1.54) is 0 Å². The van der Waals surface area contributed by atoms with Gasteiger partial charge in [-0.2, -0.15) is 0 Å². The van der Waals surface area contributed by atoms with Crippen LogP contribution in [0.4, 0.5) is 0 Å². The van der Waals surface area contributed by atoms with Crippen LogP contribution in [0.25, 0.3) is 0 Å². The molecule has 3 nitrogen and oxygen atoms in total. The highest BCUT2D eigenvalue weighted by molar-refractivity contribution is 6.51. The molecule has 0 amide bonds. The Bertz CT molecular complexity index is 433. The molecule has 0 heterocycles. The van der Waals surface area contributed by atoms with Crippen molar-refractivity contribution in [1.82, 2.24) is 0 Å². The Balaban J connectivity index is 3.02. The number of para-hydroxylation sites is 1. The smallest absolute Gasteiger partial charge is 0.125 e. The first-order chi connectivity index (χ1) is 7.70. The van der Waals surface area contributed by atoms with Crippen LogP contribution < -0.4 is 0 Å². The maximum atomic E-state index is 9.63. The van der Waals surface area contributed by atoms with E-state index in [9.17, 15) is 5.11 Å². The number of allylic oxidation sites excluding steroid dienone is 2. The van der Waals surface area contributed by atoms with Gasteiger partial charge in [-0.3, -0.25) is 10.4 Å². The zero-order valence-electron chi connectivity index (χ0n) is 9.57. The van der Waals surface area contributed by atoms with Gasteiger partial charge in [0.2, 0.25) is 0 Å². The summed E-state index contributed by atoms with van der Waals surface area (Å²) in [6.07, 6.45) is 4.64. The van der Waals surface area contributed by atoms with Gasteiger partial charge in [0, 0.05) is 12.6 Å². The molecule has 0 aliphatic heterocycles. The van der Waals surface area contributed by atoms with Crippen molar-refractivity contribution in [3.05, 3.63) is 42.0 Å². The third-order valence-corrected chi connectivity index (χ3v) is 2.18. The van der Waals surface area contributed by atoms with Crippen LogP contribution >= 0.6 is 0 Å². The van der Waals surface area contributed by atoms with Gasteiger partial charge >= 0.3 is 0 Å². The van der Waals surface area contributed by atoms with Crippen molar-refractivity contribution in [2.75, 3.05) is 7.05 Å². The molecule has 1 rings (SSSR count). The molecular formula is C13H16N2O. The first-order valence-electron chi connectivity index (χ1n) is 5.21. The topological polar surface area (TPSA) is 56.4 Å². The Labute approximate surface area is 95.7 Å². The van der Waals surface area contributed by atoms with Crippen LogP contribution in [-0.2, 0) is 0 Å². The van der Waals surface area contributed by atoms with Crippen molar-refractivity contribution < 1.29 is 5.11 Å². The van der Waals surface area contributed by atoms with Crippen LogP contribution in [0.5, 0.6) is 5.75 Å². The number of benzene rings is 1. The molecule has 3 heteroatoms. The van der Waals surface area contributed by atoms with Crippen molar-refractivity contribution in [3.63, 3.8) is 0 Å². The summed E-state index contributed by atoms with van der Waals surface area (Å²) in [6.45, 7) is 2.02. The van der Waals surface area contributed by atoms with E-state index < -0.39 is 0 Å². The number of nitrogens with zero attached hydrogens (tertiary/aromatic N) is 1. The predicted molar refractivity (Wildman–Crippen MR) is 67.7 cm³/mol. The summed E-state index contributed by atoms with van der Waals surface area (Å²) < 4.78 is 0. The van der Waals surface area contributed by atoms with Crippen LogP contribution in [0.1, 0.15) is 18.9 Å². The molecule has 0 aliphatic carbocycles. The second-order valence-corrected chi connectivity index (χ2v) is 3.31. The minimum atomic E-state index is 0.110. The van der Waals surface area contributed by atoms with E-state index in [1.54, 1.807) is 37.4 Å². The van der Waals surface area contributed by atoms with Gasteiger partial charge in [0.1, 0.15) is 5.75 Å². The summed E-state index contributed by atoms with van der Waals surface area (Å²) in [5.41, 5.74) is 1.32. The lowest BCUT2D eigenvalue weighted by Gasteiger charge is -2.05. The molecule has 2 N–H and O–H groups in total. The molecule has 0 radical (unpaired) electrons. The van der Waals surface area contributed by atoms with Gasteiger partial charge in [-0.25, -0.2) is 0 Å². The number of phenolic OH excluding ortho intramolecular Hbond substituents is 1. The Morgan fingerprint density at radius 1 is 1.44 bits per heavy atom. The largest absolute Gasteiger partial charge is 0.507 e. The molecular weight excluding hydrogens is 200 g/mol. The first-order valence-corrected chi connectivity index (χ1v) is 5.21. The fourth-order valence-electron chi connectivity index (χ4n) is 1.32. The van der Waals surface area contributed by atoms with E-state index in [0.717, 1.165) is 6.42 Å². The van der Waals surface area contributed by atoms with E-state index in [0.29, 0.717) is 11.3 Å². The highest BCUT2D eigenvalue weighted by Crippen LogP contribution is 2.16. The summed E-state index contributed by atoms with van der Waals surface area (Å²) in [5.74, 6) is 0.110. The third-order valence-electron chi connectivity index (χ3n) is 2.18. The summed E-state index contributed by atoms with van der Waals surface area (Å²) in [5, 5.41) is 17.6. The number of nitrogens with one attached hydrogen (secondary N) is 1. The highest BCUT2D eigenvalue weighted by atomic mass is 16.3. The quantitative estimate of drug-likeness (QED) is 0.747. The van der Waals surface area contributed by atoms with E-state index in [2.05, 4.69) is 4.99 Å². The molecule has 1 aromatic rings. The second-order valence-electron chi connectivity index (χ2n) is 3.31. The van der Waals surface area contributed by atoms with Gasteiger partial charge in [-0.05, 0) is 24.6 Å². The standard InChI is InChI=1S/C13H16N2O/c1-3-4-8-11(15-2)13(14)10-7-5-6-9-12(10)16/h4-9,14,16H,3H2,1-2H3/b8-4-,14-13?,15-11?. The molecule has 0 fully saturated rings. The molecule has 0 atom stereocenters. The molecule has 0 bridgehead atoms. The zero-order chi connectivity index (χ0) is 12.0. The Hall–Kier alpha value is -1.90.